The van der Waals surface area contributed by atoms with Crippen molar-refractivity contribution in [2.24, 2.45) is 5.92 Å². The predicted molar refractivity (Wildman–Crippen MR) is 60.6 cm³/mol. The van der Waals surface area contributed by atoms with E-state index >= 15 is 0 Å². The summed E-state index contributed by atoms with van der Waals surface area (Å²) in [5.41, 5.74) is -0.0241. The molecule has 15 heavy (non-hydrogen) atoms. The Balaban J connectivity index is 1.93. The third kappa shape index (κ3) is 2.43. The lowest BCUT2D eigenvalue weighted by Crippen LogP contribution is -2.38. The number of ether oxygens (including phenoxy) is 2. The first-order valence-electron chi connectivity index (χ1n) is 6.16. The van der Waals surface area contributed by atoms with E-state index in [-0.39, 0.29) is 11.9 Å². The molecule has 3 unspecified atom stereocenters. The van der Waals surface area contributed by atoms with Crippen molar-refractivity contribution < 1.29 is 9.47 Å². The molecule has 0 aromatic heterocycles. The van der Waals surface area contributed by atoms with Gasteiger partial charge in [0.25, 0.3) is 0 Å². The predicted octanol–water partition coefficient (Wildman–Crippen LogP) is 3.27. The zero-order chi connectivity index (χ0) is 10.7. The molecule has 0 amide bonds. The molecule has 2 aliphatic rings. The van der Waals surface area contributed by atoms with E-state index in [1.807, 2.05) is 0 Å². The lowest BCUT2D eigenvalue weighted by Gasteiger charge is -2.35. The van der Waals surface area contributed by atoms with Gasteiger partial charge in [-0.05, 0) is 45.4 Å². The van der Waals surface area contributed by atoms with E-state index in [0.717, 1.165) is 19.4 Å². The Hall–Kier alpha value is -0.340. The summed E-state index contributed by atoms with van der Waals surface area (Å²) in [5, 5.41) is 0. The molecule has 0 N–H and O–H groups in total. The molecule has 0 radical (unpaired) electrons. The van der Waals surface area contributed by atoms with E-state index in [9.17, 15) is 0 Å². The smallest absolute Gasteiger partial charge is 0.158 e. The summed E-state index contributed by atoms with van der Waals surface area (Å²) >= 11 is 0. The van der Waals surface area contributed by atoms with E-state index in [0.29, 0.717) is 5.92 Å². The maximum Gasteiger partial charge on any atom is 0.158 e. The van der Waals surface area contributed by atoms with E-state index < -0.39 is 0 Å². The van der Waals surface area contributed by atoms with Crippen LogP contribution in [-0.2, 0) is 9.47 Å². The summed E-state index contributed by atoms with van der Waals surface area (Å²) in [6, 6.07) is 0. The van der Waals surface area contributed by atoms with E-state index in [2.05, 4.69) is 19.6 Å². The average molecular weight is 210 g/mol. The Kier molecular flexibility index (Phi) is 3.47. The van der Waals surface area contributed by atoms with Gasteiger partial charge in [-0.15, -0.1) is 6.58 Å². The fourth-order valence-electron chi connectivity index (χ4n) is 2.78. The molecule has 1 saturated carbocycles. The van der Waals surface area contributed by atoms with Crippen molar-refractivity contribution in [3.8, 4) is 0 Å². The van der Waals surface area contributed by atoms with Crippen LogP contribution in [0.2, 0.25) is 0 Å². The molecule has 0 bridgehead atoms. The van der Waals surface area contributed by atoms with Gasteiger partial charge < -0.3 is 9.47 Å². The lowest BCUT2D eigenvalue weighted by molar-refractivity contribution is -0.225. The molecular formula is C13H22O2. The molecule has 2 heteroatoms. The van der Waals surface area contributed by atoms with Crippen LogP contribution < -0.4 is 0 Å². The Morgan fingerprint density at radius 1 is 1.33 bits per heavy atom. The summed E-state index contributed by atoms with van der Waals surface area (Å²) in [4.78, 5) is 0. The fourth-order valence-corrected chi connectivity index (χ4v) is 2.78. The highest BCUT2D eigenvalue weighted by atomic mass is 16.7. The minimum Gasteiger partial charge on any atom is -0.353 e. The van der Waals surface area contributed by atoms with Gasteiger partial charge in [-0.2, -0.15) is 0 Å². The molecule has 0 aromatic rings. The van der Waals surface area contributed by atoms with Crippen molar-refractivity contribution >= 4 is 0 Å². The first-order chi connectivity index (χ1) is 7.24. The first kappa shape index (κ1) is 11.2. The van der Waals surface area contributed by atoms with Crippen molar-refractivity contribution in [1.29, 1.82) is 0 Å². The van der Waals surface area contributed by atoms with Crippen LogP contribution in [-0.4, -0.2) is 18.5 Å². The molecular weight excluding hydrogens is 188 g/mol. The molecule has 1 aliphatic heterocycles. The van der Waals surface area contributed by atoms with E-state index in [1.54, 1.807) is 0 Å². The third-order valence-corrected chi connectivity index (χ3v) is 3.80. The fraction of sp³-hybridized carbons (Fsp3) is 0.846. The monoisotopic (exact) mass is 210 g/mol. The third-order valence-electron chi connectivity index (χ3n) is 3.80. The quantitative estimate of drug-likeness (QED) is 0.666. The van der Waals surface area contributed by atoms with Crippen LogP contribution in [0.4, 0.5) is 0 Å². The summed E-state index contributed by atoms with van der Waals surface area (Å²) < 4.78 is 11.8. The Morgan fingerprint density at radius 3 is 2.87 bits per heavy atom. The van der Waals surface area contributed by atoms with Crippen LogP contribution in [0.25, 0.3) is 0 Å². The Morgan fingerprint density at radius 2 is 2.20 bits per heavy atom. The second-order valence-corrected chi connectivity index (χ2v) is 4.96. The zero-order valence-corrected chi connectivity index (χ0v) is 9.71. The van der Waals surface area contributed by atoms with Crippen LogP contribution in [0.15, 0.2) is 12.7 Å². The number of rotatable bonds is 3. The Labute approximate surface area is 92.6 Å². The van der Waals surface area contributed by atoms with E-state index in [4.69, 9.17) is 9.47 Å². The maximum atomic E-state index is 6.15. The highest BCUT2D eigenvalue weighted by Gasteiger charge is 2.40. The van der Waals surface area contributed by atoms with Gasteiger partial charge >= 0.3 is 0 Å². The second kappa shape index (κ2) is 4.67. The van der Waals surface area contributed by atoms with Crippen molar-refractivity contribution in [3.05, 3.63) is 12.7 Å². The van der Waals surface area contributed by atoms with Crippen LogP contribution in [0.3, 0.4) is 0 Å². The van der Waals surface area contributed by atoms with Gasteiger partial charge in [0.15, 0.2) is 6.29 Å². The summed E-state index contributed by atoms with van der Waals surface area (Å²) in [6.07, 6.45) is 9.16. The van der Waals surface area contributed by atoms with Crippen LogP contribution in [0.5, 0.6) is 0 Å². The minimum absolute atomic E-state index is 0.0241. The van der Waals surface area contributed by atoms with Crippen molar-refractivity contribution in [2.75, 3.05) is 6.61 Å². The van der Waals surface area contributed by atoms with Crippen molar-refractivity contribution in [1.82, 2.24) is 0 Å². The van der Waals surface area contributed by atoms with Gasteiger partial charge in [-0.1, -0.05) is 6.08 Å². The molecule has 2 rings (SSSR count). The average Bonchev–Trinajstić information content (AvgIpc) is 2.60. The standard InChI is InChI=1S/C13H22O2/c1-3-11-7-6-9-13(11,2)15-12-8-4-5-10-14-12/h3,11-12H,1,4-10H2,2H3. The molecule has 2 fully saturated rings. The second-order valence-electron chi connectivity index (χ2n) is 4.96. The van der Waals surface area contributed by atoms with Gasteiger partial charge in [0.05, 0.1) is 5.60 Å². The maximum absolute atomic E-state index is 6.15. The molecule has 86 valence electrons. The molecule has 3 atom stereocenters. The first-order valence-corrected chi connectivity index (χ1v) is 6.16. The van der Waals surface area contributed by atoms with Crippen LogP contribution in [0, 0.1) is 5.92 Å². The van der Waals surface area contributed by atoms with Gasteiger partial charge in [-0.3, -0.25) is 0 Å². The van der Waals surface area contributed by atoms with Crippen LogP contribution >= 0.6 is 0 Å². The Bertz CT molecular complexity index is 221. The highest BCUT2D eigenvalue weighted by molar-refractivity contribution is 4.99. The summed E-state index contributed by atoms with van der Waals surface area (Å²) in [6.45, 7) is 6.98. The number of hydrogen-bond acceptors (Lipinski definition) is 2. The van der Waals surface area contributed by atoms with Crippen molar-refractivity contribution in [3.63, 3.8) is 0 Å². The van der Waals surface area contributed by atoms with Gasteiger partial charge in [0.1, 0.15) is 0 Å². The largest absolute Gasteiger partial charge is 0.353 e. The van der Waals surface area contributed by atoms with Gasteiger partial charge in [-0.25, -0.2) is 0 Å². The molecule has 1 heterocycles. The summed E-state index contributed by atoms with van der Waals surface area (Å²) in [5.74, 6) is 0.503. The molecule has 1 aliphatic carbocycles. The zero-order valence-electron chi connectivity index (χ0n) is 9.71. The molecule has 0 aromatic carbocycles. The van der Waals surface area contributed by atoms with Crippen LogP contribution in [0.1, 0.15) is 45.4 Å². The normalized spacial score (nSPS) is 41.7. The number of hydrogen-bond donors (Lipinski definition) is 0. The van der Waals surface area contributed by atoms with Gasteiger partial charge in [0, 0.05) is 12.5 Å². The molecule has 2 nitrogen and oxygen atoms in total. The lowest BCUT2D eigenvalue weighted by atomic mass is 9.92. The highest BCUT2D eigenvalue weighted by Crippen LogP contribution is 2.40. The van der Waals surface area contributed by atoms with Gasteiger partial charge in [0.2, 0.25) is 0 Å². The van der Waals surface area contributed by atoms with E-state index in [1.165, 1.54) is 25.7 Å². The summed E-state index contributed by atoms with van der Waals surface area (Å²) in [7, 11) is 0. The minimum atomic E-state index is -0.0241. The topological polar surface area (TPSA) is 18.5 Å². The molecule has 0 spiro atoms. The SMILES string of the molecule is C=CC1CCCC1(C)OC1CCCCO1. The molecule has 1 saturated heterocycles. The van der Waals surface area contributed by atoms with Crippen molar-refractivity contribution in [2.45, 2.75) is 57.3 Å².